The zero-order valence-corrected chi connectivity index (χ0v) is 9.77. The van der Waals surface area contributed by atoms with Crippen molar-refractivity contribution >= 4 is 16.9 Å². The van der Waals surface area contributed by atoms with Crippen LogP contribution in [0.4, 0.5) is 0 Å². The molecule has 80 valence electrons. The molecule has 2 saturated heterocycles. The molecule has 0 bridgehead atoms. The highest BCUT2D eigenvalue weighted by Gasteiger charge is 2.42. The summed E-state index contributed by atoms with van der Waals surface area (Å²) in [6, 6.07) is 0. The highest BCUT2D eigenvalue weighted by atomic mass is 32.2. The highest BCUT2D eigenvalue weighted by molar-refractivity contribution is 8.14. The molecule has 0 N–H and O–H groups in total. The second-order valence-electron chi connectivity index (χ2n) is 4.40. The largest absolute Gasteiger partial charge is 0.306 e. The molecule has 0 atom stereocenters. The van der Waals surface area contributed by atoms with E-state index in [0.29, 0.717) is 5.12 Å². The van der Waals surface area contributed by atoms with Crippen molar-refractivity contribution in [3.63, 3.8) is 0 Å². The van der Waals surface area contributed by atoms with Gasteiger partial charge >= 0.3 is 0 Å². The number of carbonyl (C=O) groups excluding carboxylic acids is 1. The van der Waals surface area contributed by atoms with Crippen molar-refractivity contribution in [1.82, 2.24) is 9.80 Å². The normalized spacial score (nSPS) is 29.7. The van der Waals surface area contributed by atoms with Crippen molar-refractivity contribution in [2.24, 2.45) is 0 Å². The van der Waals surface area contributed by atoms with Crippen LogP contribution >= 0.6 is 11.8 Å². The van der Waals surface area contributed by atoms with Crippen molar-refractivity contribution in [2.75, 3.05) is 33.7 Å². The zero-order valence-electron chi connectivity index (χ0n) is 8.95. The van der Waals surface area contributed by atoms with E-state index in [2.05, 4.69) is 23.9 Å². The van der Waals surface area contributed by atoms with Crippen LogP contribution in [-0.2, 0) is 4.79 Å². The fourth-order valence-corrected chi connectivity index (χ4v) is 3.51. The van der Waals surface area contributed by atoms with Crippen LogP contribution in [0.25, 0.3) is 0 Å². The molecular formula is C10H18N2OS. The van der Waals surface area contributed by atoms with E-state index >= 15 is 0 Å². The maximum absolute atomic E-state index is 11.5. The standard InChI is InChI=1S/C10H18N2OS/c1-11-7-4-10(5-8-11)12(2)6-3-9(13)14-10/h3-8H2,1-2H3. The summed E-state index contributed by atoms with van der Waals surface area (Å²) >= 11 is 1.58. The molecule has 2 aliphatic rings. The van der Waals surface area contributed by atoms with Crippen LogP contribution < -0.4 is 0 Å². The lowest BCUT2D eigenvalue weighted by Gasteiger charge is -2.48. The van der Waals surface area contributed by atoms with Gasteiger partial charge in [-0.05, 0) is 26.9 Å². The van der Waals surface area contributed by atoms with Gasteiger partial charge in [0.2, 0.25) is 0 Å². The molecule has 1 spiro atoms. The van der Waals surface area contributed by atoms with Crippen LogP contribution in [0.2, 0.25) is 0 Å². The van der Waals surface area contributed by atoms with Crippen LogP contribution in [-0.4, -0.2) is 53.5 Å². The van der Waals surface area contributed by atoms with Gasteiger partial charge in [-0.15, -0.1) is 0 Å². The van der Waals surface area contributed by atoms with Gasteiger partial charge in [-0.25, -0.2) is 0 Å². The lowest BCUT2D eigenvalue weighted by Crippen LogP contribution is -2.54. The summed E-state index contributed by atoms with van der Waals surface area (Å²) in [7, 11) is 4.31. The average molecular weight is 214 g/mol. The third-order valence-electron chi connectivity index (χ3n) is 3.42. The molecule has 0 unspecified atom stereocenters. The van der Waals surface area contributed by atoms with E-state index in [1.165, 1.54) is 0 Å². The molecule has 0 aliphatic carbocycles. The van der Waals surface area contributed by atoms with Gasteiger partial charge in [0.1, 0.15) is 0 Å². The summed E-state index contributed by atoms with van der Waals surface area (Å²) < 4.78 is 0. The molecule has 14 heavy (non-hydrogen) atoms. The molecule has 0 aromatic heterocycles. The Morgan fingerprint density at radius 3 is 2.50 bits per heavy atom. The van der Waals surface area contributed by atoms with Gasteiger partial charge in [0.25, 0.3) is 0 Å². The first-order chi connectivity index (χ1) is 6.62. The number of carbonyl (C=O) groups is 1. The number of hydrogen-bond acceptors (Lipinski definition) is 4. The number of nitrogens with zero attached hydrogens (tertiary/aromatic N) is 2. The van der Waals surface area contributed by atoms with E-state index in [1.54, 1.807) is 11.8 Å². The Hall–Kier alpha value is -0.0600. The highest BCUT2D eigenvalue weighted by Crippen LogP contribution is 2.42. The second kappa shape index (κ2) is 3.83. The summed E-state index contributed by atoms with van der Waals surface area (Å²) in [5.74, 6) is 0. The molecule has 0 aromatic carbocycles. The van der Waals surface area contributed by atoms with E-state index in [9.17, 15) is 4.79 Å². The molecular weight excluding hydrogens is 196 g/mol. The molecule has 2 rings (SSSR count). The number of likely N-dealkylation sites (tertiary alicyclic amines) is 1. The minimum Gasteiger partial charge on any atom is -0.306 e. The number of hydrogen-bond donors (Lipinski definition) is 0. The molecule has 0 radical (unpaired) electrons. The zero-order chi connectivity index (χ0) is 10.2. The smallest absolute Gasteiger partial charge is 0.192 e. The molecule has 3 nitrogen and oxygen atoms in total. The summed E-state index contributed by atoms with van der Waals surface area (Å²) in [4.78, 5) is 16.3. The third kappa shape index (κ3) is 1.83. The van der Waals surface area contributed by atoms with Gasteiger partial charge in [-0.3, -0.25) is 9.69 Å². The third-order valence-corrected chi connectivity index (χ3v) is 4.95. The van der Waals surface area contributed by atoms with E-state index in [4.69, 9.17) is 0 Å². The second-order valence-corrected chi connectivity index (χ2v) is 5.81. The van der Waals surface area contributed by atoms with Gasteiger partial charge in [0, 0.05) is 26.1 Å². The fourth-order valence-electron chi connectivity index (χ4n) is 2.26. The predicted octanol–water partition coefficient (Wildman–Crippen LogP) is 1.00. The van der Waals surface area contributed by atoms with Crippen LogP contribution in [0.3, 0.4) is 0 Å². The van der Waals surface area contributed by atoms with Gasteiger partial charge in [0.15, 0.2) is 5.12 Å². The summed E-state index contributed by atoms with van der Waals surface area (Å²) in [6.45, 7) is 3.17. The van der Waals surface area contributed by atoms with E-state index < -0.39 is 0 Å². The van der Waals surface area contributed by atoms with Gasteiger partial charge in [-0.2, -0.15) is 0 Å². The van der Waals surface area contributed by atoms with Crippen LogP contribution in [0.5, 0.6) is 0 Å². The number of piperidine rings is 1. The van der Waals surface area contributed by atoms with Crippen molar-refractivity contribution < 1.29 is 4.79 Å². The van der Waals surface area contributed by atoms with Crippen molar-refractivity contribution in [1.29, 1.82) is 0 Å². The Balaban J connectivity index is 2.08. The van der Waals surface area contributed by atoms with Crippen LogP contribution in [0.1, 0.15) is 19.3 Å². The first-order valence-corrected chi connectivity index (χ1v) is 6.06. The monoisotopic (exact) mass is 214 g/mol. The van der Waals surface area contributed by atoms with E-state index in [-0.39, 0.29) is 4.87 Å². The van der Waals surface area contributed by atoms with E-state index in [0.717, 1.165) is 38.9 Å². The maximum atomic E-state index is 11.5. The molecule has 0 amide bonds. The Morgan fingerprint density at radius 1 is 1.21 bits per heavy atom. The molecule has 0 saturated carbocycles. The van der Waals surface area contributed by atoms with Gasteiger partial charge in [-0.1, -0.05) is 11.8 Å². The Labute approximate surface area is 89.8 Å². The van der Waals surface area contributed by atoms with Crippen LogP contribution in [0.15, 0.2) is 0 Å². The Morgan fingerprint density at radius 2 is 1.86 bits per heavy atom. The lowest BCUT2D eigenvalue weighted by atomic mass is 10.0. The molecule has 4 heteroatoms. The summed E-state index contributed by atoms with van der Waals surface area (Å²) in [5, 5.41) is 0.382. The summed E-state index contributed by atoms with van der Waals surface area (Å²) in [6.07, 6.45) is 2.96. The molecule has 2 heterocycles. The molecule has 2 fully saturated rings. The SMILES string of the molecule is CN1CCC2(CC1)SC(=O)CCN2C. The molecule has 0 aromatic rings. The Kier molecular flexibility index (Phi) is 2.86. The first kappa shape index (κ1) is 10.5. The predicted molar refractivity (Wildman–Crippen MR) is 59.3 cm³/mol. The van der Waals surface area contributed by atoms with Crippen molar-refractivity contribution in [3.05, 3.63) is 0 Å². The van der Waals surface area contributed by atoms with Crippen LogP contribution in [0, 0.1) is 0 Å². The minimum atomic E-state index is 0.127. The van der Waals surface area contributed by atoms with Gasteiger partial charge < -0.3 is 4.90 Å². The van der Waals surface area contributed by atoms with E-state index in [1.807, 2.05) is 0 Å². The van der Waals surface area contributed by atoms with Gasteiger partial charge in [0.05, 0.1) is 4.87 Å². The topological polar surface area (TPSA) is 23.6 Å². The number of thioether (sulfide) groups is 1. The average Bonchev–Trinajstić information content (AvgIpc) is 2.17. The fraction of sp³-hybridized carbons (Fsp3) is 0.900. The minimum absolute atomic E-state index is 0.127. The molecule has 2 aliphatic heterocycles. The quantitative estimate of drug-likeness (QED) is 0.600. The lowest BCUT2D eigenvalue weighted by molar-refractivity contribution is -0.112. The Bertz CT molecular complexity index is 236. The summed E-state index contributed by atoms with van der Waals surface area (Å²) in [5.41, 5.74) is 0. The first-order valence-electron chi connectivity index (χ1n) is 5.24. The number of rotatable bonds is 0. The van der Waals surface area contributed by atoms with Crippen molar-refractivity contribution in [3.8, 4) is 0 Å². The maximum Gasteiger partial charge on any atom is 0.192 e. The van der Waals surface area contributed by atoms with Crippen molar-refractivity contribution in [2.45, 2.75) is 24.1 Å².